The van der Waals surface area contributed by atoms with Gasteiger partial charge in [-0.05, 0) is 42.5 Å². The highest BCUT2D eigenvalue weighted by Crippen LogP contribution is 2.50. The van der Waals surface area contributed by atoms with E-state index in [1.807, 2.05) is 50.3 Å². The standard InChI is InChI=1S/C27H12F3N6O2/c28-27(29,30)20-12-18-17-7-2-8-21-34(17)36(35(18)31-20)24-19(38-21)10-9-16-23(24)33-22-13(4-1-5-15(22)25(16)37)14-6-3-11-32(36)26(14)33/h1-12H/q+3. The third-order valence-electron chi connectivity index (χ3n) is 8.07. The summed E-state index contributed by atoms with van der Waals surface area (Å²) in [6, 6.07) is 19.3. The molecule has 5 aromatic heterocycles. The van der Waals surface area contributed by atoms with Gasteiger partial charge in [0.05, 0.1) is 22.2 Å². The molecule has 0 N–H and O–H groups in total. The van der Waals surface area contributed by atoms with Crippen molar-refractivity contribution in [1.82, 2.24) is 19.1 Å². The van der Waals surface area contributed by atoms with Crippen molar-refractivity contribution in [1.29, 1.82) is 0 Å². The Kier molecular flexibility index (Phi) is 2.75. The lowest BCUT2D eigenvalue weighted by Gasteiger charge is -2.28. The highest BCUT2D eigenvalue weighted by Gasteiger charge is 2.71. The second kappa shape index (κ2) is 5.46. The number of ether oxygens (including phenoxy) is 1. The summed E-state index contributed by atoms with van der Waals surface area (Å²) in [6.07, 6.45) is -2.81. The normalized spacial score (nSPS) is 18.3. The van der Waals surface area contributed by atoms with Gasteiger partial charge in [-0.3, -0.25) is 4.79 Å². The van der Waals surface area contributed by atoms with Crippen molar-refractivity contribution in [3.63, 3.8) is 0 Å². The van der Waals surface area contributed by atoms with E-state index in [-0.39, 0.29) is 11.1 Å². The zero-order chi connectivity index (χ0) is 25.3. The maximum absolute atomic E-state index is 14.0. The molecule has 1 unspecified atom stereocenters. The number of benzene rings is 2. The molecule has 3 aliphatic heterocycles. The van der Waals surface area contributed by atoms with Gasteiger partial charge in [0.25, 0.3) is 0 Å². The highest BCUT2D eigenvalue weighted by atomic mass is 19.4. The first-order valence-corrected chi connectivity index (χ1v) is 11.9. The van der Waals surface area contributed by atoms with Crippen molar-refractivity contribution in [2.45, 2.75) is 6.18 Å². The molecule has 0 bridgehead atoms. The number of rotatable bonds is 0. The van der Waals surface area contributed by atoms with Crippen LogP contribution in [0.15, 0.2) is 77.7 Å². The van der Waals surface area contributed by atoms with Crippen LogP contribution in [0.3, 0.4) is 0 Å². The lowest BCUT2D eigenvalue weighted by atomic mass is 10.1. The number of pyridine rings is 3. The summed E-state index contributed by atoms with van der Waals surface area (Å²) >= 11 is 0. The zero-order valence-corrected chi connectivity index (χ0v) is 19.1. The van der Waals surface area contributed by atoms with E-state index in [0.717, 1.165) is 28.0 Å². The topological polar surface area (TPSA) is 56.3 Å². The largest absolute Gasteiger partial charge is 0.438 e. The van der Waals surface area contributed by atoms with Crippen molar-refractivity contribution >= 4 is 43.9 Å². The summed E-state index contributed by atoms with van der Waals surface area (Å²) in [5.41, 5.74) is 2.25. The van der Waals surface area contributed by atoms with Crippen LogP contribution in [-0.4, -0.2) is 14.3 Å². The van der Waals surface area contributed by atoms with Gasteiger partial charge >= 0.3 is 29.1 Å². The molecule has 38 heavy (non-hydrogen) atoms. The molecule has 3 aliphatic rings. The number of fused-ring (bicyclic) bond motifs is 3. The lowest BCUT2D eigenvalue weighted by Crippen LogP contribution is -2.88. The van der Waals surface area contributed by atoms with E-state index in [2.05, 4.69) is 5.10 Å². The Bertz CT molecular complexity index is 2360. The Morgan fingerprint density at radius 1 is 0.895 bits per heavy atom. The molecule has 8 heterocycles. The van der Waals surface area contributed by atoms with E-state index < -0.39 is 16.7 Å². The predicted octanol–water partition coefficient (Wildman–Crippen LogP) is 4.08. The summed E-state index contributed by atoms with van der Waals surface area (Å²) in [5.74, 6) is 0.868. The minimum absolute atomic E-state index is 0.143. The van der Waals surface area contributed by atoms with Crippen molar-refractivity contribution < 1.29 is 27.3 Å². The van der Waals surface area contributed by atoms with Crippen LogP contribution in [0.25, 0.3) is 49.6 Å². The van der Waals surface area contributed by atoms with Gasteiger partial charge in [0.15, 0.2) is 17.4 Å². The average Bonchev–Trinajstić information content (AvgIpc) is 3.58. The molecule has 180 valence electrons. The van der Waals surface area contributed by atoms with E-state index >= 15 is 0 Å². The molecule has 10 rings (SSSR count). The van der Waals surface area contributed by atoms with Gasteiger partial charge in [0.2, 0.25) is 27.2 Å². The van der Waals surface area contributed by atoms with Crippen molar-refractivity contribution in [3.05, 3.63) is 88.8 Å². The third kappa shape index (κ3) is 1.70. The van der Waals surface area contributed by atoms with Crippen LogP contribution in [0.4, 0.5) is 18.9 Å². The molecule has 0 saturated carbocycles. The Balaban J connectivity index is 1.57. The van der Waals surface area contributed by atoms with E-state index in [1.54, 1.807) is 30.3 Å². The summed E-state index contributed by atoms with van der Waals surface area (Å²) in [4.78, 5) is 14.8. The monoisotopic (exact) mass is 509 g/mol. The zero-order valence-electron chi connectivity index (χ0n) is 19.1. The van der Waals surface area contributed by atoms with Gasteiger partial charge in [0, 0.05) is 27.0 Å². The van der Waals surface area contributed by atoms with Crippen molar-refractivity contribution in [3.8, 4) is 23.0 Å². The van der Waals surface area contributed by atoms with Crippen LogP contribution in [0.2, 0.25) is 0 Å². The summed E-state index contributed by atoms with van der Waals surface area (Å²) < 4.78 is 54.2. The van der Waals surface area contributed by atoms with Crippen LogP contribution in [0.5, 0.6) is 11.6 Å². The molecular weight excluding hydrogens is 497 g/mol. The van der Waals surface area contributed by atoms with E-state index in [0.29, 0.717) is 39.3 Å². The molecule has 0 fully saturated rings. The second-order valence-corrected chi connectivity index (χ2v) is 9.80. The number of halogens is 3. The average molecular weight is 509 g/mol. The maximum Gasteiger partial charge on any atom is 0.438 e. The minimum atomic E-state index is -4.64. The summed E-state index contributed by atoms with van der Waals surface area (Å²) in [7, 11) is 0. The summed E-state index contributed by atoms with van der Waals surface area (Å²) in [5, 5.41) is 6.96. The smallest absolute Gasteiger partial charge is 0.394 e. The number of nitrogens with zero attached hydrogens (tertiary/aromatic N) is 6. The highest BCUT2D eigenvalue weighted by molar-refractivity contribution is 6.17. The van der Waals surface area contributed by atoms with E-state index in [4.69, 9.17) is 4.74 Å². The first-order valence-electron chi connectivity index (χ1n) is 11.9. The molecule has 7 aromatic rings. The van der Waals surface area contributed by atoms with Gasteiger partial charge in [-0.2, -0.15) is 17.6 Å². The predicted molar refractivity (Wildman–Crippen MR) is 128 cm³/mol. The van der Waals surface area contributed by atoms with Gasteiger partial charge in [-0.1, -0.05) is 6.07 Å². The Morgan fingerprint density at radius 3 is 2.55 bits per heavy atom. The number of quaternary nitrogens is 1. The van der Waals surface area contributed by atoms with Gasteiger partial charge in [0.1, 0.15) is 4.68 Å². The molecule has 0 radical (unpaired) electrons. The van der Waals surface area contributed by atoms with E-state index in [9.17, 15) is 18.0 Å². The molecule has 0 aliphatic carbocycles. The number of aromatic nitrogens is 5. The molecular formula is C27H12F3N6O2+3. The lowest BCUT2D eigenvalue weighted by molar-refractivity contribution is -1.05. The summed E-state index contributed by atoms with van der Waals surface area (Å²) in [6.45, 7) is 0. The Hall–Kier alpha value is -5.03. The Morgan fingerprint density at radius 2 is 1.68 bits per heavy atom. The molecule has 0 saturated heterocycles. The van der Waals surface area contributed by atoms with Crippen LogP contribution in [-0.2, 0) is 6.18 Å². The molecule has 2 aromatic carbocycles. The number of hydrogen-bond donors (Lipinski definition) is 0. The quantitative estimate of drug-likeness (QED) is 0.176. The maximum atomic E-state index is 14.0. The molecule has 11 heteroatoms. The number of alkyl halides is 3. The van der Waals surface area contributed by atoms with Crippen LogP contribution < -0.4 is 24.3 Å². The van der Waals surface area contributed by atoms with Crippen molar-refractivity contribution in [2.24, 2.45) is 0 Å². The van der Waals surface area contributed by atoms with Gasteiger partial charge in [-0.15, -0.1) is 5.10 Å². The van der Waals surface area contributed by atoms with Crippen LogP contribution in [0, 0.1) is 0 Å². The first kappa shape index (κ1) is 19.1. The SMILES string of the molecule is O=c1c2ccc3c4c2n2c5c1cccc5c1ccc[n+](c12)[N+]41n2nc(C(F)(F)F)cc2-c2cccc([n+]21)O3. The van der Waals surface area contributed by atoms with Crippen molar-refractivity contribution in [2.75, 3.05) is 0 Å². The first-order chi connectivity index (χ1) is 18.4. The molecule has 8 nitrogen and oxygen atoms in total. The van der Waals surface area contributed by atoms with E-state index in [1.165, 1.54) is 4.79 Å². The molecule has 1 spiro atoms. The van der Waals surface area contributed by atoms with Crippen LogP contribution >= 0.6 is 0 Å². The Labute approximate surface area is 208 Å². The number of para-hydroxylation sites is 1. The van der Waals surface area contributed by atoms with Crippen LogP contribution in [0.1, 0.15) is 5.69 Å². The third-order valence-corrected chi connectivity index (χ3v) is 8.07. The second-order valence-electron chi connectivity index (χ2n) is 9.80. The van der Waals surface area contributed by atoms with Gasteiger partial charge in [-0.25, -0.2) is 0 Å². The van der Waals surface area contributed by atoms with Gasteiger partial charge < -0.3 is 4.74 Å². The fraction of sp³-hybridized carbons (Fsp3) is 0.0370. The minimum Gasteiger partial charge on any atom is -0.394 e. The molecule has 1 atom stereocenters. The fourth-order valence-electron chi connectivity index (χ4n) is 6.77. The fourth-order valence-corrected chi connectivity index (χ4v) is 6.77. The molecule has 0 amide bonds. The number of hydrogen-bond acceptors (Lipinski definition) is 3.